The van der Waals surface area contributed by atoms with Gasteiger partial charge in [-0.3, -0.25) is 9.48 Å². The minimum atomic E-state index is -3.03. The fraction of sp³-hybridized carbons (Fsp3) is 0.692. The van der Waals surface area contributed by atoms with E-state index in [1.165, 1.54) is 0 Å². The average molecular weight is 297 g/mol. The molecule has 2 heterocycles. The van der Waals surface area contributed by atoms with E-state index < -0.39 is 15.1 Å². The number of rotatable bonds is 4. The van der Waals surface area contributed by atoms with E-state index in [4.69, 9.17) is 0 Å². The zero-order valence-corrected chi connectivity index (χ0v) is 12.6. The zero-order chi connectivity index (χ0) is 14.5. The van der Waals surface area contributed by atoms with Crippen LogP contribution in [-0.4, -0.2) is 53.1 Å². The summed E-state index contributed by atoms with van der Waals surface area (Å²) in [5, 5.41) is 3.98. The number of amides is 1. The molecular weight excluding hydrogens is 278 g/mol. The molecule has 1 aromatic rings. The minimum absolute atomic E-state index is 0.0810. The Morgan fingerprint density at radius 1 is 1.40 bits per heavy atom. The van der Waals surface area contributed by atoms with Crippen LogP contribution in [0.4, 0.5) is 0 Å². The number of nitrogens with zero attached hydrogens (tertiary/aromatic N) is 3. The molecule has 20 heavy (non-hydrogen) atoms. The smallest absolute Gasteiger partial charge is 0.257 e. The molecule has 1 aliphatic heterocycles. The number of aryl methyl sites for hydroxylation is 1. The first-order chi connectivity index (χ1) is 9.42. The van der Waals surface area contributed by atoms with Crippen LogP contribution in [0.25, 0.3) is 0 Å². The number of sulfone groups is 1. The van der Waals surface area contributed by atoms with E-state index in [9.17, 15) is 13.2 Å². The van der Waals surface area contributed by atoms with Crippen LogP contribution in [-0.2, 0) is 16.9 Å². The zero-order valence-electron chi connectivity index (χ0n) is 11.7. The molecule has 0 bridgehead atoms. The van der Waals surface area contributed by atoms with Gasteiger partial charge in [0.1, 0.15) is 0 Å². The fourth-order valence-corrected chi connectivity index (χ4v) is 3.85. The van der Waals surface area contributed by atoms with Crippen LogP contribution in [0.3, 0.4) is 0 Å². The molecule has 0 N–H and O–H groups in total. The lowest BCUT2D eigenvalue weighted by molar-refractivity contribution is 0.0657. The maximum absolute atomic E-state index is 12.4. The molecule has 0 atom stereocenters. The fourth-order valence-electron chi connectivity index (χ4n) is 2.57. The second-order valence-electron chi connectivity index (χ2n) is 5.66. The van der Waals surface area contributed by atoms with Gasteiger partial charge in [0.05, 0.1) is 16.5 Å². The highest BCUT2D eigenvalue weighted by Crippen LogP contribution is 2.41. The molecule has 6 nitrogen and oxygen atoms in total. The van der Waals surface area contributed by atoms with Crippen LogP contribution in [0.2, 0.25) is 0 Å². The summed E-state index contributed by atoms with van der Waals surface area (Å²) >= 11 is 0. The third-order valence-electron chi connectivity index (χ3n) is 4.10. The summed E-state index contributed by atoms with van der Waals surface area (Å²) in [6.07, 6.45) is 3.92. The molecule has 2 aliphatic rings. The van der Waals surface area contributed by atoms with Gasteiger partial charge < -0.3 is 4.90 Å². The van der Waals surface area contributed by atoms with Gasteiger partial charge in [-0.2, -0.15) is 5.10 Å². The Bertz CT molecular complexity index is 640. The summed E-state index contributed by atoms with van der Waals surface area (Å²) in [6, 6.07) is 0. The number of hydrogen-bond acceptors (Lipinski definition) is 4. The Kier molecular flexibility index (Phi) is 3.12. The Morgan fingerprint density at radius 2 is 2.05 bits per heavy atom. The minimum Gasteiger partial charge on any atom is -0.336 e. The molecule has 0 unspecified atom stereocenters. The average Bonchev–Trinajstić information content (AvgIpc) is 3.10. The molecule has 3 rings (SSSR count). The van der Waals surface area contributed by atoms with E-state index >= 15 is 0 Å². The lowest BCUT2D eigenvalue weighted by Crippen LogP contribution is -2.57. The maximum atomic E-state index is 12.4. The molecule has 1 amide bonds. The van der Waals surface area contributed by atoms with Gasteiger partial charge >= 0.3 is 0 Å². The van der Waals surface area contributed by atoms with Crippen molar-refractivity contribution in [1.82, 2.24) is 14.7 Å². The van der Waals surface area contributed by atoms with Gasteiger partial charge in [-0.05, 0) is 12.8 Å². The van der Waals surface area contributed by atoms with Gasteiger partial charge in [0, 0.05) is 38.0 Å². The lowest BCUT2D eigenvalue weighted by Gasteiger charge is -2.38. The number of carbonyl (C=O) groups is 1. The van der Waals surface area contributed by atoms with E-state index in [0.29, 0.717) is 24.6 Å². The molecule has 2 fully saturated rings. The third kappa shape index (κ3) is 2.24. The van der Waals surface area contributed by atoms with E-state index in [1.54, 1.807) is 22.7 Å². The molecule has 0 aromatic carbocycles. The standard InChI is InChI=1S/C13H19N3O3S/c1-3-20(18,19)10-6-16(7-10)13(17)11-8-15(2)14-12(11)9-4-5-9/h8-10H,3-7H2,1-2H3. The van der Waals surface area contributed by atoms with Crippen molar-refractivity contribution in [2.24, 2.45) is 7.05 Å². The molecule has 1 saturated heterocycles. The van der Waals surface area contributed by atoms with Crippen LogP contribution < -0.4 is 0 Å². The van der Waals surface area contributed by atoms with Crippen LogP contribution in [0.1, 0.15) is 41.7 Å². The highest BCUT2D eigenvalue weighted by molar-refractivity contribution is 7.92. The van der Waals surface area contributed by atoms with Crippen molar-refractivity contribution in [2.75, 3.05) is 18.8 Å². The van der Waals surface area contributed by atoms with Gasteiger partial charge in [-0.1, -0.05) is 6.92 Å². The predicted octanol–water partition coefficient (Wildman–Crippen LogP) is 0.557. The first kappa shape index (κ1) is 13.6. The highest BCUT2D eigenvalue weighted by Gasteiger charge is 2.41. The molecule has 1 saturated carbocycles. The van der Waals surface area contributed by atoms with Crippen molar-refractivity contribution in [3.63, 3.8) is 0 Å². The number of aromatic nitrogens is 2. The quantitative estimate of drug-likeness (QED) is 0.814. The largest absolute Gasteiger partial charge is 0.336 e. The Labute approximate surface area is 118 Å². The van der Waals surface area contributed by atoms with E-state index in [0.717, 1.165) is 18.5 Å². The van der Waals surface area contributed by atoms with E-state index in [1.807, 2.05) is 7.05 Å². The second-order valence-corrected chi connectivity index (χ2v) is 8.23. The normalized spacial score (nSPS) is 20.0. The summed E-state index contributed by atoms with van der Waals surface area (Å²) in [5.41, 5.74) is 1.52. The van der Waals surface area contributed by atoms with Crippen molar-refractivity contribution >= 4 is 15.7 Å². The van der Waals surface area contributed by atoms with Crippen molar-refractivity contribution in [3.05, 3.63) is 17.5 Å². The van der Waals surface area contributed by atoms with Crippen LogP contribution in [0.15, 0.2) is 6.20 Å². The molecule has 0 radical (unpaired) electrons. The van der Waals surface area contributed by atoms with E-state index in [-0.39, 0.29) is 11.7 Å². The number of likely N-dealkylation sites (tertiary alicyclic amines) is 1. The lowest BCUT2D eigenvalue weighted by atomic mass is 10.1. The summed E-state index contributed by atoms with van der Waals surface area (Å²) in [4.78, 5) is 14.0. The van der Waals surface area contributed by atoms with Gasteiger partial charge in [-0.15, -0.1) is 0 Å². The maximum Gasteiger partial charge on any atom is 0.257 e. The van der Waals surface area contributed by atoms with Crippen LogP contribution in [0.5, 0.6) is 0 Å². The Balaban J connectivity index is 1.73. The summed E-state index contributed by atoms with van der Waals surface area (Å²) in [7, 11) is -1.23. The first-order valence-corrected chi connectivity index (χ1v) is 8.68. The van der Waals surface area contributed by atoms with Crippen molar-refractivity contribution < 1.29 is 13.2 Å². The molecular formula is C13H19N3O3S. The van der Waals surface area contributed by atoms with Crippen molar-refractivity contribution in [1.29, 1.82) is 0 Å². The Hall–Kier alpha value is -1.37. The monoisotopic (exact) mass is 297 g/mol. The van der Waals surface area contributed by atoms with Crippen LogP contribution >= 0.6 is 0 Å². The van der Waals surface area contributed by atoms with Gasteiger partial charge in [0.25, 0.3) is 5.91 Å². The third-order valence-corrected chi connectivity index (χ3v) is 6.22. The number of carbonyl (C=O) groups excluding carboxylic acids is 1. The van der Waals surface area contributed by atoms with Gasteiger partial charge in [-0.25, -0.2) is 8.42 Å². The van der Waals surface area contributed by atoms with Crippen LogP contribution in [0, 0.1) is 0 Å². The summed E-state index contributed by atoms with van der Waals surface area (Å²) in [5.74, 6) is 0.467. The molecule has 0 spiro atoms. The molecule has 7 heteroatoms. The number of hydrogen-bond donors (Lipinski definition) is 0. The summed E-state index contributed by atoms with van der Waals surface area (Å²) in [6.45, 7) is 2.27. The highest BCUT2D eigenvalue weighted by atomic mass is 32.2. The van der Waals surface area contributed by atoms with Crippen molar-refractivity contribution in [2.45, 2.75) is 30.9 Å². The molecule has 110 valence electrons. The SMILES string of the molecule is CCS(=O)(=O)C1CN(C(=O)c2cn(C)nc2C2CC2)C1. The Morgan fingerprint density at radius 3 is 2.60 bits per heavy atom. The summed E-state index contributed by atoms with van der Waals surface area (Å²) < 4.78 is 25.1. The second kappa shape index (κ2) is 4.58. The molecule has 1 aliphatic carbocycles. The topological polar surface area (TPSA) is 72.3 Å². The van der Waals surface area contributed by atoms with Gasteiger partial charge in [0.15, 0.2) is 9.84 Å². The van der Waals surface area contributed by atoms with Crippen molar-refractivity contribution in [3.8, 4) is 0 Å². The molecule has 1 aromatic heterocycles. The predicted molar refractivity (Wildman–Crippen MR) is 74.3 cm³/mol. The first-order valence-electron chi connectivity index (χ1n) is 6.96. The van der Waals surface area contributed by atoms with Gasteiger partial charge in [0.2, 0.25) is 0 Å². The van der Waals surface area contributed by atoms with E-state index in [2.05, 4.69) is 5.10 Å².